The van der Waals surface area contributed by atoms with Gasteiger partial charge in [-0.15, -0.1) is 0 Å². The number of nitrogens with one attached hydrogen (secondary N) is 1. The molecule has 1 atom stereocenters. The lowest BCUT2D eigenvalue weighted by molar-refractivity contribution is -0.139. The van der Waals surface area contributed by atoms with Gasteiger partial charge in [-0.25, -0.2) is 8.70 Å². The number of hydrogen-bond acceptors (Lipinski definition) is 4. The molecule has 3 aromatic carbocycles. The second-order valence-electron chi connectivity index (χ2n) is 8.72. The first kappa shape index (κ1) is 29.1. The molecule has 1 N–H and O–H groups in total. The largest absolute Gasteiger partial charge is 0.357 e. The number of carbonyl (C=O) groups excluding carboxylic acids is 2. The van der Waals surface area contributed by atoms with Crippen molar-refractivity contribution in [2.24, 2.45) is 0 Å². The highest BCUT2D eigenvalue weighted by molar-refractivity contribution is 7.90. The predicted molar refractivity (Wildman–Crippen MR) is 146 cm³/mol. The standard InChI is InChI=1S/C27H30ClFN4O4S/c1-30-27(35)25(17-20-9-5-4-6-10-20)32(18-21-13-15-22(28)16-14-21)26(34)19-33(38(36,37)31(2)3)24-12-8-7-11-23(24)29/h4-16,25H,17-19H2,1-3H3,(H,30,35). The van der Waals surface area contributed by atoms with Gasteiger partial charge in [0.2, 0.25) is 11.8 Å². The van der Waals surface area contributed by atoms with E-state index in [-0.39, 0.29) is 18.7 Å². The van der Waals surface area contributed by atoms with Gasteiger partial charge in [0, 0.05) is 39.1 Å². The van der Waals surface area contributed by atoms with Gasteiger partial charge in [0.1, 0.15) is 18.4 Å². The monoisotopic (exact) mass is 560 g/mol. The third-order valence-corrected chi connectivity index (χ3v) is 7.98. The number of para-hydroxylation sites is 1. The summed E-state index contributed by atoms with van der Waals surface area (Å²) in [5.41, 5.74) is 1.21. The van der Waals surface area contributed by atoms with Crippen LogP contribution in [0.2, 0.25) is 5.02 Å². The number of amides is 2. The maximum atomic E-state index is 14.8. The lowest BCUT2D eigenvalue weighted by Gasteiger charge is -2.34. The van der Waals surface area contributed by atoms with Crippen molar-refractivity contribution >= 4 is 39.3 Å². The average molecular weight is 561 g/mol. The lowest BCUT2D eigenvalue weighted by atomic mass is 10.0. The zero-order chi connectivity index (χ0) is 27.9. The highest BCUT2D eigenvalue weighted by Gasteiger charge is 2.35. The van der Waals surface area contributed by atoms with E-state index in [2.05, 4.69) is 5.32 Å². The minimum absolute atomic E-state index is 0.00591. The molecule has 0 aliphatic rings. The van der Waals surface area contributed by atoms with Crippen molar-refractivity contribution in [3.8, 4) is 0 Å². The molecular formula is C27H30ClFN4O4S. The van der Waals surface area contributed by atoms with Crippen LogP contribution >= 0.6 is 11.6 Å². The van der Waals surface area contributed by atoms with Crippen LogP contribution < -0.4 is 9.62 Å². The molecule has 3 aromatic rings. The summed E-state index contributed by atoms with van der Waals surface area (Å²) in [6.45, 7) is -0.731. The SMILES string of the molecule is CNC(=O)C(Cc1ccccc1)N(Cc1ccc(Cl)cc1)C(=O)CN(c1ccccc1F)S(=O)(=O)N(C)C. The highest BCUT2D eigenvalue weighted by atomic mass is 35.5. The number of benzene rings is 3. The van der Waals surface area contributed by atoms with E-state index in [4.69, 9.17) is 11.6 Å². The summed E-state index contributed by atoms with van der Waals surface area (Å²) in [5.74, 6) is -1.91. The molecule has 0 aliphatic heterocycles. The van der Waals surface area contributed by atoms with E-state index < -0.39 is 40.4 Å². The minimum Gasteiger partial charge on any atom is -0.357 e. The average Bonchev–Trinajstić information content (AvgIpc) is 2.90. The van der Waals surface area contributed by atoms with Gasteiger partial charge in [0.05, 0.1) is 5.69 Å². The van der Waals surface area contributed by atoms with Crippen molar-refractivity contribution in [1.29, 1.82) is 0 Å². The summed E-state index contributed by atoms with van der Waals surface area (Å²) in [7, 11) is -0.218. The van der Waals surface area contributed by atoms with Crippen LogP contribution in [0.15, 0.2) is 78.9 Å². The molecule has 0 aromatic heterocycles. The zero-order valence-electron chi connectivity index (χ0n) is 21.3. The summed E-state index contributed by atoms with van der Waals surface area (Å²) in [4.78, 5) is 28.3. The van der Waals surface area contributed by atoms with E-state index in [1.54, 1.807) is 24.3 Å². The van der Waals surface area contributed by atoms with Crippen LogP contribution in [0.5, 0.6) is 0 Å². The molecule has 0 radical (unpaired) electrons. The molecule has 0 heterocycles. The molecule has 0 aliphatic carbocycles. The number of carbonyl (C=O) groups is 2. The van der Waals surface area contributed by atoms with Crippen molar-refractivity contribution in [2.45, 2.75) is 19.0 Å². The number of hydrogen-bond donors (Lipinski definition) is 1. The quantitative estimate of drug-likeness (QED) is 0.389. The number of nitrogens with zero attached hydrogens (tertiary/aromatic N) is 3. The molecule has 8 nitrogen and oxygen atoms in total. The first-order valence-electron chi connectivity index (χ1n) is 11.8. The van der Waals surface area contributed by atoms with Crippen LogP contribution in [-0.2, 0) is 32.8 Å². The van der Waals surface area contributed by atoms with Gasteiger partial charge in [-0.3, -0.25) is 9.59 Å². The Hall–Kier alpha value is -3.47. The van der Waals surface area contributed by atoms with Crippen LogP contribution in [0.25, 0.3) is 0 Å². The van der Waals surface area contributed by atoms with Gasteiger partial charge in [0.25, 0.3) is 0 Å². The summed E-state index contributed by atoms with van der Waals surface area (Å²) in [6.07, 6.45) is 0.181. The maximum absolute atomic E-state index is 14.8. The van der Waals surface area contributed by atoms with Gasteiger partial charge < -0.3 is 10.2 Å². The molecule has 1 unspecified atom stereocenters. The fraction of sp³-hybridized carbons (Fsp3) is 0.259. The molecule has 0 fully saturated rings. The highest BCUT2D eigenvalue weighted by Crippen LogP contribution is 2.24. The third-order valence-electron chi connectivity index (χ3n) is 5.92. The molecule has 2 amide bonds. The van der Waals surface area contributed by atoms with Crippen LogP contribution in [0.3, 0.4) is 0 Å². The number of likely N-dealkylation sites (N-methyl/N-ethyl adjacent to an activating group) is 1. The Labute approximate surface area is 227 Å². The summed E-state index contributed by atoms with van der Waals surface area (Å²) < 4.78 is 42.8. The Kier molecular flexibility index (Phi) is 9.84. The van der Waals surface area contributed by atoms with Gasteiger partial charge in [-0.2, -0.15) is 12.7 Å². The molecule has 0 spiro atoms. The smallest absolute Gasteiger partial charge is 0.304 e. The van der Waals surface area contributed by atoms with Crippen LogP contribution in [-0.4, -0.2) is 63.2 Å². The maximum Gasteiger partial charge on any atom is 0.304 e. The molecule has 0 bridgehead atoms. The Balaban J connectivity index is 2.07. The summed E-state index contributed by atoms with van der Waals surface area (Å²) in [6, 6.07) is 20.3. The number of anilines is 1. The fourth-order valence-corrected chi connectivity index (χ4v) is 5.05. The Morgan fingerprint density at radius 1 is 0.921 bits per heavy atom. The molecular weight excluding hydrogens is 531 g/mol. The van der Waals surface area contributed by atoms with Crippen molar-refractivity contribution < 1.29 is 22.4 Å². The van der Waals surface area contributed by atoms with Crippen LogP contribution in [0.4, 0.5) is 10.1 Å². The normalized spacial score (nSPS) is 12.2. The molecule has 11 heteroatoms. The zero-order valence-corrected chi connectivity index (χ0v) is 22.9. The minimum atomic E-state index is -4.27. The van der Waals surface area contributed by atoms with Gasteiger partial charge in [-0.05, 0) is 35.4 Å². The fourth-order valence-electron chi connectivity index (χ4n) is 3.86. The van der Waals surface area contributed by atoms with Crippen molar-refractivity contribution in [3.05, 3.63) is 101 Å². The Morgan fingerprint density at radius 3 is 2.11 bits per heavy atom. The van der Waals surface area contributed by atoms with Gasteiger partial charge in [-0.1, -0.05) is 66.2 Å². The first-order chi connectivity index (χ1) is 18.0. The Morgan fingerprint density at radius 2 is 1.53 bits per heavy atom. The number of rotatable bonds is 11. The van der Waals surface area contributed by atoms with E-state index >= 15 is 0 Å². The lowest BCUT2D eigenvalue weighted by Crippen LogP contribution is -2.54. The van der Waals surface area contributed by atoms with E-state index in [0.717, 1.165) is 15.9 Å². The van der Waals surface area contributed by atoms with Crippen molar-refractivity contribution in [2.75, 3.05) is 32.0 Å². The first-order valence-corrected chi connectivity index (χ1v) is 13.6. The van der Waals surface area contributed by atoms with Gasteiger partial charge in [0.15, 0.2) is 0 Å². The summed E-state index contributed by atoms with van der Waals surface area (Å²) in [5, 5.41) is 3.11. The van der Waals surface area contributed by atoms with Crippen molar-refractivity contribution in [1.82, 2.24) is 14.5 Å². The molecule has 0 saturated heterocycles. The van der Waals surface area contributed by atoms with E-state index in [9.17, 15) is 22.4 Å². The second kappa shape index (κ2) is 12.9. The molecule has 38 heavy (non-hydrogen) atoms. The van der Waals surface area contributed by atoms with Crippen LogP contribution in [0, 0.1) is 5.82 Å². The van der Waals surface area contributed by atoms with Crippen LogP contribution in [0.1, 0.15) is 11.1 Å². The van der Waals surface area contributed by atoms with E-state index in [1.165, 1.54) is 44.2 Å². The molecule has 0 saturated carbocycles. The second-order valence-corrected chi connectivity index (χ2v) is 11.2. The third kappa shape index (κ3) is 7.09. The molecule has 202 valence electrons. The Bertz CT molecular complexity index is 1360. The molecule has 3 rings (SSSR count). The predicted octanol–water partition coefficient (Wildman–Crippen LogP) is 3.48. The summed E-state index contributed by atoms with van der Waals surface area (Å²) >= 11 is 6.03. The van der Waals surface area contributed by atoms with E-state index in [1.807, 2.05) is 30.3 Å². The topological polar surface area (TPSA) is 90.0 Å². The number of halogens is 2. The van der Waals surface area contributed by atoms with Gasteiger partial charge >= 0.3 is 10.2 Å². The van der Waals surface area contributed by atoms with E-state index in [0.29, 0.717) is 14.9 Å². The van der Waals surface area contributed by atoms with Crippen molar-refractivity contribution in [3.63, 3.8) is 0 Å².